The molecule has 116 valence electrons. The fraction of sp³-hybridized carbons (Fsp3) is 0.143. The maximum atomic E-state index is 3.70. The van der Waals surface area contributed by atoms with Crippen molar-refractivity contribution in [2.24, 2.45) is 0 Å². The molecule has 0 spiro atoms. The number of benzene rings is 3. The molecule has 0 aliphatic heterocycles. The van der Waals surface area contributed by atoms with Gasteiger partial charge in [0.2, 0.25) is 0 Å². The Labute approximate surface area is 142 Å². The first-order valence-corrected chi connectivity index (χ1v) is 8.90. The summed E-state index contributed by atoms with van der Waals surface area (Å²) in [6, 6.07) is 32.2. The van der Waals surface area contributed by atoms with Crippen LogP contribution >= 0.6 is 11.8 Å². The van der Waals surface area contributed by atoms with Crippen molar-refractivity contribution in [2.75, 3.05) is 5.75 Å². The van der Waals surface area contributed by atoms with Gasteiger partial charge in [0.05, 0.1) is 0 Å². The van der Waals surface area contributed by atoms with E-state index in [1.807, 2.05) is 11.8 Å². The predicted octanol–water partition coefficient (Wildman–Crippen LogP) is 5.31. The first-order chi connectivity index (χ1) is 11.4. The quantitative estimate of drug-likeness (QED) is 0.592. The lowest BCUT2D eigenvalue weighted by Gasteiger charge is -2.19. The van der Waals surface area contributed by atoms with Gasteiger partial charge in [0.1, 0.15) is 0 Å². The van der Waals surface area contributed by atoms with Gasteiger partial charge in [-0.25, -0.2) is 0 Å². The van der Waals surface area contributed by atoms with E-state index in [-0.39, 0.29) is 0 Å². The summed E-state index contributed by atoms with van der Waals surface area (Å²) < 4.78 is 0. The van der Waals surface area contributed by atoms with Crippen molar-refractivity contribution in [3.05, 3.63) is 102 Å². The van der Waals surface area contributed by atoms with E-state index in [9.17, 15) is 0 Å². The van der Waals surface area contributed by atoms with Crippen LogP contribution in [0.5, 0.6) is 0 Å². The minimum Gasteiger partial charge on any atom is -0.305 e. The van der Waals surface area contributed by atoms with E-state index in [4.69, 9.17) is 0 Å². The number of nitrogens with one attached hydrogen (secondary N) is 1. The first-order valence-electron chi connectivity index (χ1n) is 7.92. The average Bonchev–Trinajstić information content (AvgIpc) is 2.64. The fourth-order valence-corrected chi connectivity index (χ4v) is 3.51. The van der Waals surface area contributed by atoms with Crippen molar-refractivity contribution >= 4 is 11.8 Å². The van der Waals surface area contributed by atoms with Crippen molar-refractivity contribution < 1.29 is 0 Å². The molecule has 0 aromatic heterocycles. The molecule has 1 N–H and O–H groups in total. The molecule has 1 nitrogen and oxygen atoms in total. The first kappa shape index (κ1) is 15.9. The normalized spacial score (nSPS) is 12.0. The topological polar surface area (TPSA) is 12.0 Å². The third-order valence-corrected chi connectivity index (χ3v) is 4.86. The Morgan fingerprint density at radius 2 is 1.26 bits per heavy atom. The smallest absolute Gasteiger partial charge is 0.0417 e. The largest absolute Gasteiger partial charge is 0.305 e. The van der Waals surface area contributed by atoms with Gasteiger partial charge in [-0.15, -0.1) is 11.8 Å². The van der Waals surface area contributed by atoms with Crippen LogP contribution < -0.4 is 5.32 Å². The zero-order valence-corrected chi connectivity index (χ0v) is 13.9. The highest BCUT2D eigenvalue weighted by atomic mass is 32.2. The number of rotatable bonds is 7. The van der Waals surface area contributed by atoms with Gasteiger partial charge in [-0.05, 0) is 23.3 Å². The van der Waals surface area contributed by atoms with Crippen molar-refractivity contribution in [1.82, 2.24) is 5.32 Å². The maximum absolute atomic E-state index is 3.70. The average molecular weight is 319 g/mol. The van der Waals surface area contributed by atoms with Gasteiger partial charge in [0, 0.05) is 23.2 Å². The second kappa shape index (κ2) is 8.56. The van der Waals surface area contributed by atoms with Crippen LogP contribution in [-0.4, -0.2) is 5.75 Å². The molecule has 0 saturated carbocycles. The summed E-state index contributed by atoms with van der Waals surface area (Å²) in [5.41, 5.74) is 2.66. The predicted molar refractivity (Wildman–Crippen MR) is 99.6 cm³/mol. The Bertz CT molecular complexity index is 639. The number of hydrogen-bond acceptors (Lipinski definition) is 2. The third-order valence-electron chi connectivity index (χ3n) is 3.76. The summed E-state index contributed by atoms with van der Waals surface area (Å²) in [7, 11) is 0. The van der Waals surface area contributed by atoms with Crippen molar-refractivity contribution in [1.29, 1.82) is 0 Å². The molecule has 0 fully saturated rings. The van der Waals surface area contributed by atoms with Crippen LogP contribution in [0.1, 0.15) is 17.2 Å². The highest BCUT2D eigenvalue weighted by Gasteiger charge is 2.11. The molecule has 1 atom stereocenters. The highest BCUT2D eigenvalue weighted by molar-refractivity contribution is 7.99. The number of hydrogen-bond donors (Lipinski definition) is 1. The van der Waals surface area contributed by atoms with Crippen LogP contribution in [0.2, 0.25) is 0 Å². The van der Waals surface area contributed by atoms with E-state index in [0.29, 0.717) is 6.04 Å². The summed E-state index contributed by atoms with van der Waals surface area (Å²) in [6.07, 6.45) is 0. The van der Waals surface area contributed by atoms with Gasteiger partial charge in [0.25, 0.3) is 0 Å². The Kier molecular flexibility index (Phi) is 5.90. The second-order valence-electron chi connectivity index (χ2n) is 5.45. The Morgan fingerprint density at radius 1 is 0.696 bits per heavy atom. The minimum atomic E-state index is 0.335. The molecular formula is C21H21NS. The van der Waals surface area contributed by atoms with Gasteiger partial charge < -0.3 is 5.32 Å². The van der Waals surface area contributed by atoms with Gasteiger partial charge in [-0.2, -0.15) is 0 Å². The fourth-order valence-electron chi connectivity index (χ4n) is 2.49. The lowest BCUT2D eigenvalue weighted by Crippen LogP contribution is -2.22. The lowest BCUT2D eigenvalue weighted by molar-refractivity contribution is 0.582. The van der Waals surface area contributed by atoms with Gasteiger partial charge in [-0.1, -0.05) is 78.9 Å². The molecule has 0 aliphatic rings. The molecule has 3 aromatic carbocycles. The maximum Gasteiger partial charge on any atom is 0.0417 e. The highest BCUT2D eigenvalue weighted by Crippen LogP contribution is 2.24. The van der Waals surface area contributed by atoms with Crippen molar-refractivity contribution in [2.45, 2.75) is 17.5 Å². The van der Waals surface area contributed by atoms with E-state index < -0.39 is 0 Å². The van der Waals surface area contributed by atoms with Crippen LogP contribution in [0.4, 0.5) is 0 Å². The molecule has 0 amide bonds. The molecule has 23 heavy (non-hydrogen) atoms. The lowest BCUT2D eigenvalue weighted by atomic mass is 10.1. The van der Waals surface area contributed by atoms with Gasteiger partial charge in [0.15, 0.2) is 0 Å². The molecular weight excluding hydrogens is 298 g/mol. The van der Waals surface area contributed by atoms with Crippen LogP contribution in [0.25, 0.3) is 0 Å². The third kappa shape index (κ3) is 4.98. The zero-order chi connectivity index (χ0) is 15.7. The van der Waals surface area contributed by atoms with E-state index in [1.54, 1.807) is 0 Å². The molecule has 0 heterocycles. The Hall–Kier alpha value is -2.03. The van der Waals surface area contributed by atoms with Crippen LogP contribution in [-0.2, 0) is 6.54 Å². The zero-order valence-electron chi connectivity index (χ0n) is 13.1. The molecule has 3 aromatic rings. The molecule has 3 rings (SSSR count). The standard InChI is InChI=1S/C21H21NS/c1-4-10-18(11-5-1)16-22-21(19-12-6-2-7-13-19)17-23-20-14-8-3-9-15-20/h1-15,21-22H,16-17H2. The molecule has 0 saturated heterocycles. The molecule has 0 radical (unpaired) electrons. The van der Waals surface area contributed by atoms with Gasteiger partial charge in [-0.3, -0.25) is 0 Å². The molecule has 0 bridgehead atoms. The summed E-state index contributed by atoms with van der Waals surface area (Å²) in [4.78, 5) is 1.31. The van der Waals surface area contributed by atoms with E-state index in [0.717, 1.165) is 12.3 Å². The molecule has 0 aliphatic carbocycles. The minimum absolute atomic E-state index is 0.335. The van der Waals surface area contributed by atoms with E-state index in [1.165, 1.54) is 16.0 Å². The monoisotopic (exact) mass is 319 g/mol. The Morgan fingerprint density at radius 3 is 1.91 bits per heavy atom. The van der Waals surface area contributed by atoms with Crippen LogP contribution in [0.3, 0.4) is 0 Å². The molecule has 1 unspecified atom stereocenters. The summed E-state index contributed by atoms with van der Waals surface area (Å²) in [5, 5.41) is 3.70. The van der Waals surface area contributed by atoms with Crippen molar-refractivity contribution in [3.8, 4) is 0 Å². The van der Waals surface area contributed by atoms with E-state index >= 15 is 0 Å². The van der Waals surface area contributed by atoms with Crippen LogP contribution in [0, 0.1) is 0 Å². The summed E-state index contributed by atoms with van der Waals surface area (Å²) in [6.45, 7) is 0.885. The van der Waals surface area contributed by atoms with Crippen LogP contribution in [0.15, 0.2) is 95.9 Å². The van der Waals surface area contributed by atoms with E-state index in [2.05, 4.69) is 96.3 Å². The number of thioether (sulfide) groups is 1. The second-order valence-corrected chi connectivity index (χ2v) is 6.55. The summed E-state index contributed by atoms with van der Waals surface area (Å²) in [5.74, 6) is 1.01. The molecule has 2 heteroatoms. The van der Waals surface area contributed by atoms with Crippen molar-refractivity contribution in [3.63, 3.8) is 0 Å². The Balaban J connectivity index is 1.66. The summed E-state index contributed by atoms with van der Waals surface area (Å²) >= 11 is 1.90. The SMILES string of the molecule is c1ccc(CNC(CSc2ccccc2)c2ccccc2)cc1. The van der Waals surface area contributed by atoms with Gasteiger partial charge >= 0.3 is 0 Å².